The molecule has 0 aromatic heterocycles. The lowest BCUT2D eigenvalue weighted by atomic mass is 10.1. The Morgan fingerprint density at radius 3 is 2.48 bits per heavy atom. The van der Waals surface area contributed by atoms with Gasteiger partial charge in [0.2, 0.25) is 0 Å². The third kappa shape index (κ3) is 4.74. The largest absolute Gasteiger partial charge is 0.495 e. The Morgan fingerprint density at radius 1 is 1.36 bits per heavy atom. The zero-order valence-electron chi connectivity index (χ0n) is 13.6. The number of carboxylic acids is 1. The molecule has 1 aromatic carbocycles. The first-order valence-electron chi connectivity index (χ1n) is 7.26. The predicted octanol–water partition coefficient (Wildman–Crippen LogP) is 3.53. The van der Waals surface area contributed by atoms with Gasteiger partial charge < -0.3 is 14.6 Å². The maximum atomic E-state index is 12.5. The Hall–Kier alpha value is -1.58. The van der Waals surface area contributed by atoms with Crippen LogP contribution >= 0.6 is 39.9 Å². The zero-order valence-corrected chi connectivity index (χ0v) is 16.8. The number of methoxy groups -OCH3 is 2. The van der Waals surface area contributed by atoms with Gasteiger partial charge in [0, 0.05) is 13.0 Å². The van der Waals surface area contributed by atoms with Crippen LogP contribution < -0.4 is 9.47 Å². The van der Waals surface area contributed by atoms with Crippen LogP contribution in [0.1, 0.15) is 18.4 Å². The molecule has 1 amide bonds. The van der Waals surface area contributed by atoms with Crippen LogP contribution in [-0.4, -0.2) is 47.0 Å². The number of thioether (sulfide) groups is 1. The summed E-state index contributed by atoms with van der Waals surface area (Å²) < 4.78 is 11.7. The van der Waals surface area contributed by atoms with Crippen LogP contribution in [0.3, 0.4) is 0 Å². The quantitative estimate of drug-likeness (QED) is 0.507. The number of thiocarbonyl (C=S) groups is 1. The maximum absolute atomic E-state index is 12.5. The average Bonchev–Trinajstić information content (AvgIpc) is 2.83. The van der Waals surface area contributed by atoms with Gasteiger partial charge in [-0.05, 0) is 46.1 Å². The summed E-state index contributed by atoms with van der Waals surface area (Å²) in [6.07, 6.45) is 2.07. The number of amides is 1. The van der Waals surface area contributed by atoms with E-state index >= 15 is 0 Å². The lowest BCUT2D eigenvalue weighted by molar-refractivity contribution is -0.137. The third-order valence-corrected chi connectivity index (χ3v) is 5.57. The van der Waals surface area contributed by atoms with E-state index in [2.05, 4.69) is 15.9 Å². The van der Waals surface area contributed by atoms with E-state index in [4.69, 9.17) is 26.8 Å². The zero-order chi connectivity index (χ0) is 18.6. The van der Waals surface area contributed by atoms with E-state index < -0.39 is 5.97 Å². The summed E-state index contributed by atoms with van der Waals surface area (Å²) in [5.41, 5.74) is 0.739. The standard InChI is InChI=1S/C16H16BrNO5S2/c1-22-10-6-9(7-11(23-2)14(10)17)8-12-15(21)18(16(24)25-12)5-3-4-13(19)20/h6-8H,3-5H2,1-2H3,(H,19,20)/b12-8-. The molecule has 25 heavy (non-hydrogen) atoms. The topological polar surface area (TPSA) is 76.1 Å². The fraction of sp³-hybridized carbons (Fsp3) is 0.312. The van der Waals surface area contributed by atoms with Gasteiger partial charge in [-0.1, -0.05) is 24.0 Å². The molecule has 1 aliphatic rings. The number of ether oxygens (including phenoxy) is 2. The fourth-order valence-electron chi connectivity index (χ4n) is 2.21. The number of carbonyl (C=O) groups is 2. The van der Waals surface area contributed by atoms with Gasteiger partial charge in [-0.25, -0.2) is 0 Å². The number of hydrogen-bond acceptors (Lipinski definition) is 6. The molecular weight excluding hydrogens is 430 g/mol. The van der Waals surface area contributed by atoms with E-state index in [0.717, 1.165) is 5.56 Å². The van der Waals surface area contributed by atoms with Gasteiger partial charge in [0.15, 0.2) is 0 Å². The number of carbonyl (C=O) groups excluding carboxylic acids is 1. The Morgan fingerprint density at radius 2 is 1.96 bits per heavy atom. The molecule has 1 fully saturated rings. The molecule has 1 aliphatic heterocycles. The van der Waals surface area contributed by atoms with Crippen molar-refractivity contribution < 1.29 is 24.2 Å². The molecule has 0 spiro atoms. The summed E-state index contributed by atoms with van der Waals surface area (Å²) in [4.78, 5) is 25.0. The molecular formula is C16H16BrNO5S2. The molecule has 0 aliphatic carbocycles. The minimum atomic E-state index is -0.893. The van der Waals surface area contributed by atoms with Gasteiger partial charge in [-0.2, -0.15) is 0 Å². The highest BCUT2D eigenvalue weighted by Crippen LogP contribution is 2.38. The van der Waals surface area contributed by atoms with E-state index in [9.17, 15) is 9.59 Å². The van der Waals surface area contributed by atoms with Crippen molar-refractivity contribution in [3.05, 3.63) is 27.1 Å². The SMILES string of the molecule is COc1cc(/C=C2\SC(=S)N(CCCC(=O)O)C2=O)cc(OC)c1Br. The van der Waals surface area contributed by atoms with Crippen LogP contribution in [0.2, 0.25) is 0 Å². The molecule has 1 N–H and O–H groups in total. The monoisotopic (exact) mass is 445 g/mol. The summed E-state index contributed by atoms with van der Waals surface area (Å²) >= 11 is 9.83. The number of nitrogens with zero attached hydrogens (tertiary/aromatic N) is 1. The van der Waals surface area contributed by atoms with Gasteiger partial charge in [-0.15, -0.1) is 0 Å². The van der Waals surface area contributed by atoms with Gasteiger partial charge in [0.1, 0.15) is 20.3 Å². The highest BCUT2D eigenvalue weighted by Gasteiger charge is 2.31. The van der Waals surface area contributed by atoms with E-state index in [-0.39, 0.29) is 12.3 Å². The lowest BCUT2D eigenvalue weighted by Crippen LogP contribution is -2.29. The van der Waals surface area contributed by atoms with Gasteiger partial charge in [-0.3, -0.25) is 14.5 Å². The normalized spacial score (nSPS) is 15.8. The van der Waals surface area contributed by atoms with Crippen molar-refractivity contribution in [2.75, 3.05) is 20.8 Å². The van der Waals surface area contributed by atoms with Crippen LogP contribution in [0.4, 0.5) is 0 Å². The molecule has 1 heterocycles. The van der Waals surface area contributed by atoms with Crippen molar-refractivity contribution in [3.63, 3.8) is 0 Å². The molecule has 1 aromatic rings. The first kappa shape index (κ1) is 19.7. The highest BCUT2D eigenvalue weighted by molar-refractivity contribution is 9.10. The first-order chi connectivity index (χ1) is 11.9. The molecule has 0 atom stereocenters. The molecule has 6 nitrogen and oxygen atoms in total. The average molecular weight is 446 g/mol. The fourth-order valence-corrected chi connectivity index (χ4v) is 4.07. The summed E-state index contributed by atoms with van der Waals surface area (Å²) in [5, 5.41) is 8.71. The van der Waals surface area contributed by atoms with Crippen LogP contribution in [0.25, 0.3) is 6.08 Å². The number of carboxylic acid groups (broad SMARTS) is 1. The molecule has 134 valence electrons. The second kappa shape index (κ2) is 8.68. The van der Waals surface area contributed by atoms with E-state index in [1.807, 2.05) is 0 Å². The molecule has 0 unspecified atom stereocenters. The van der Waals surface area contributed by atoms with Crippen LogP contribution in [0.5, 0.6) is 11.5 Å². The number of rotatable bonds is 7. The van der Waals surface area contributed by atoms with Gasteiger partial charge in [0.05, 0.1) is 19.1 Å². The van der Waals surface area contributed by atoms with Crippen LogP contribution in [-0.2, 0) is 9.59 Å². The number of aliphatic carboxylic acids is 1. The van der Waals surface area contributed by atoms with E-state index in [1.165, 1.54) is 16.7 Å². The Labute approximate surface area is 163 Å². The Bertz CT molecular complexity index is 725. The number of hydrogen-bond donors (Lipinski definition) is 1. The minimum absolute atomic E-state index is 0.00276. The molecule has 2 rings (SSSR count). The summed E-state index contributed by atoms with van der Waals surface area (Å²) in [6, 6.07) is 3.56. The third-order valence-electron chi connectivity index (χ3n) is 3.41. The van der Waals surface area contributed by atoms with E-state index in [1.54, 1.807) is 32.4 Å². The van der Waals surface area contributed by atoms with E-state index in [0.29, 0.717) is 38.2 Å². The lowest BCUT2D eigenvalue weighted by Gasteiger charge is -2.13. The van der Waals surface area contributed by atoms with Gasteiger partial charge >= 0.3 is 5.97 Å². The predicted molar refractivity (Wildman–Crippen MR) is 104 cm³/mol. The molecule has 0 bridgehead atoms. The van der Waals surface area contributed by atoms with Crippen molar-refractivity contribution in [2.45, 2.75) is 12.8 Å². The van der Waals surface area contributed by atoms with Crippen molar-refractivity contribution >= 4 is 62.2 Å². The number of benzene rings is 1. The van der Waals surface area contributed by atoms with Crippen LogP contribution in [0.15, 0.2) is 21.5 Å². The van der Waals surface area contributed by atoms with Crippen molar-refractivity contribution in [3.8, 4) is 11.5 Å². The van der Waals surface area contributed by atoms with Crippen molar-refractivity contribution in [2.24, 2.45) is 0 Å². The number of halogens is 1. The van der Waals surface area contributed by atoms with Crippen molar-refractivity contribution in [1.29, 1.82) is 0 Å². The summed E-state index contributed by atoms with van der Waals surface area (Å²) in [6.45, 7) is 0.293. The molecule has 0 radical (unpaired) electrons. The minimum Gasteiger partial charge on any atom is -0.495 e. The second-order valence-electron chi connectivity index (χ2n) is 5.07. The molecule has 9 heteroatoms. The first-order valence-corrected chi connectivity index (χ1v) is 9.27. The smallest absolute Gasteiger partial charge is 0.303 e. The van der Waals surface area contributed by atoms with Crippen molar-refractivity contribution in [1.82, 2.24) is 4.90 Å². The Balaban J connectivity index is 2.23. The molecule has 1 saturated heterocycles. The van der Waals surface area contributed by atoms with Crippen LogP contribution in [0, 0.1) is 0 Å². The highest BCUT2D eigenvalue weighted by atomic mass is 79.9. The van der Waals surface area contributed by atoms with Gasteiger partial charge in [0.25, 0.3) is 5.91 Å². The Kier molecular flexibility index (Phi) is 6.86. The summed E-state index contributed by atoms with van der Waals surface area (Å²) in [5.74, 6) is 0.0568. The summed E-state index contributed by atoms with van der Waals surface area (Å²) in [7, 11) is 3.09. The second-order valence-corrected chi connectivity index (χ2v) is 7.54. The molecule has 0 saturated carbocycles. The maximum Gasteiger partial charge on any atom is 0.303 e.